The topological polar surface area (TPSA) is 80.8 Å². The van der Waals surface area contributed by atoms with Crippen LogP contribution in [-0.4, -0.2) is 47.6 Å². The number of amides is 2. The molecule has 1 aliphatic rings. The van der Waals surface area contributed by atoms with Crippen molar-refractivity contribution in [3.63, 3.8) is 0 Å². The van der Waals surface area contributed by atoms with Gasteiger partial charge in [0, 0.05) is 30.6 Å². The number of carbonyl (C=O) groups is 2. The molecule has 0 aliphatic carbocycles. The molecule has 1 fully saturated rings. The summed E-state index contributed by atoms with van der Waals surface area (Å²) >= 11 is 1.61. The highest BCUT2D eigenvalue weighted by Crippen LogP contribution is 2.16. The van der Waals surface area contributed by atoms with Crippen LogP contribution in [-0.2, 0) is 16.1 Å². The standard InChI is InChI=1S/C22H27N3O4S/c1-3-28-22(27)25-12-10-18(11-13-25)24-21(26)9-6-17-4-7-20(8-5-17)29-14-19-15-30-16(2)23-19/h4-9,15,18H,3,10-14H2,1-2H3,(H,24,26). The van der Waals surface area contributed by atoms with E-state index in [1.807, 2.05) is 36.6 Å². The third-order valence-electron chi connectivity index (χ3n) is 4.73. The van der Waals surface area contributed by atoms with Crippen LogP contribution in [0.3, 0.4) is 0 Å². The Morgan fingerprint density at radius 2 is 2.00 bits per heavy atom. The van der Waals surface area contributed by atoms with Crippen molar-refractivity contribution < 1.29 is 19.1 Å². The Balaban J connectivity index is 1.41. The Labute approximate surface area is 180 Å². The summed E-state index contributed by atoms with van der Waals surface area (Å²) in [7, 11) is 0. The molecule has 1 saturated heterocycles. The SMILES string of the molecule is CCOC(=O)N1CCC(NC(=O)C=Cc2ccc(OCc3csc(C)n3)cc2)CC1. The van der Waals surface area contributed by atoms with Gasteiger partial charge in [-0.25, -0.2) is 9.78 Å². The van der Waals surface area contributed by atoms with E-state index in [0.29, 0.717) is 26.3 Å². The second kappa shape index (κ2) is 10.8. The molecular weight excluding hydrogens is 402 g/mol. The van der Waals surface area contributed by atoms with Gasteiger partial charge in [0.25, 0.3) is 0 Å². The minimum absolute atomic E-state index is 0.0675. The minimum atomic E-state index is -0.281. The molecule has 0 saturated carbocycles. The molecular formula is C22H27N3O4S. The molecule has 2 heterocycles. The van der Waals surface area contributed by atoms with Crippen molar-refractivity contribution in [2.75, 3.05) is 19.7 Å². The van der Waals surface area contributed by atoms with Crippen LogP contribution < -0.4 is 10.1 Å². The van der Waals surface area contributed by atoms with E-state index in [1.165, 1.54) is 6.08 Å². The average molecular weight is 430 g/mol. The Bertz CT molecular complexity index is 871. The first-order chi connectivity index (χ1) is 14.5. The number of benzene rings is 1. The summed E-state index contributed by atoms with van der Waals surface area (Å²) in [4.78, 5) is 30.0. The number of hydrogen-bond acceptors (Lipinski definition) is 6. The second-order valence-corrected chi connectivity index (χ2v) is 8.08. The van der Waals surface area contributed by atoms with Gasteiger partial charge < -0.3 is 19.7 Å². The van der Waals surface area contributed by atoms with Gasteiger partial charge in [0.1, 0.15) is 12.4 Å². The number of ether oxygens (including phenoxy) is 2. The molecule has 160 valence electrons. The predicted molar refractivity (Wildman–Crippen MR) is 116 cm³/mol. The summed E-state index contributed by atoms with van der Waals surface area (Å²) in [6.07, 6.45) is 4.48. The highest BCUT2D eigenvalue weighted by atomic mass is 32.1. The van der Waals surface area contributed by atoms with Crippen LogP contribution in [0.4, 0.5) is 4.79 Å². The molecule has 7 nitrogen and oxygen atoms in total. The first-order valence-corrected chi connectivity index (χ1v) is 11.0. The molecule has 0 bridgehead atoms. The Morgan fingerprint density at radius 3 is 2.63 bits per heavy atom. The summed E-state index contributed by atoms with van der Waals surface area (Å²) in [6, 6.07) is 7.63. The molecule has 3 rings (SSSR count). The summed E-state index contributed by atoms with van der Waals surface area (Å²) in [5.74, 6) is 0.624. The molecule has 0 unspecified atom stereocenters. The third kappa shape index (κ3) is 6.59. The summed E-state index contributed by atoms with van der Waals surface area (Å²) in [5, 5.41) is 6.01. The van der Waals surface area contributed by atoms with Crippen molar-refractivity contribution in [2.45, 2.75) is 39.3 Å². The fraction of sp³-hybridized carbons (Fsp3) is 0.409. The highest BCUT2D eigenvalue weighted by molar-refractivity contribution is 7.09. The van der Waals surface area contributed by atoms with Crippen molar-refractivity contribution in [3.8, 4) is 5.75 Å². The van der Waals surface area contributed by atoms with Crippen LogP contribution in [0.15, 0.2) is 35.7 Å². The highest BCUT2D eigenvalue weighted by Gasteiger charge is 2.23. The third-order valence-corrected chi connectivity index (χ3v) is 5.55. The summed E-state index contributed by atoms with van der Waals surface area (Å²) in [5.41, 5.74) is 1.84. The maximum Gasteiger partial charge on any atom is 0.409 e. The molecule has 8 heteroatoms. The molecule has 30 heavy (non-hydrogen) atoms. The quantitative estimate of drug-likeness (QED) is 0.678. The molecule has 1 aromatic carbocycles. The smallest absolute Gasteiger partial charge is 0.409 e. The van der Waals surface area contributed by atoms with Crippen LogP contribution in [0, 0.1) is 6.92 Å². The van der Waals surface area contributed by atoms with E-state index in [-0.39, 0.29) is 18.0 Å². The van der Waals surface area contributed by atoms with Gasteiger partial charge >= 0.3 is 6.09 Å². The molecule has 2 aromatic rings. The van der Waals surface area contributed by atoms with Crippen molar-refractivity contribution in [1.29, 1.82) is 0 Å². The van der Waals surface area contributed by atoms with Crippen LogP contribution in [0.1, 0.15) is 36.0 Å². The lowest BCUT2D eigenvalue weighted by molar-refractivity contribution is -0.117. The van der Waals surface area contributed by atoms with Gasteiger partial charge in [0.15, 0.2) is 0 Å². The number of carbonyl (C=O) groups excluding carboxylic acids is 2. The lowest BCUT2D eigenvalue weighted by Gasteiger charge is -2.31. The van der Waals surface area contributed by atoms with Gasteiger partial charge in [-0.1, -0.05) is 12.1 Å². The van der Waals surface area contributed by atoms with Gasteiger partial charge in [-0.05, 0) is 50.5 Å². The first-order valence-electron chi connectivity index (χ1n) is 10.1. The number of nitrogens with zero attached hydrogens (tertiary/aromatic N) is 2. The zero-order valence-electron chi connectivity index (χ0n) is 17.3. The number of aryl methyl sites for hydroxylation is 1. The fourth-order valence-corrected chi connectivity index (χ4v) is 3.75. The van der Waals surface area contributed by atoms with Gasteiger partial charge in [-0.15, -0.1) is 11.3 Å². The second-order valence-electron chi connectivity index (χ2n) is 7.02. The Morgan fingerprint density at radius 1 is 1.27 bits per heavy atom. The Kier molecular flexibility index (Phi) is 7.84. The van der Waals surface area contributed by atoms with E-state index >= 15 is 0 Å². The number of rotatable bonds is 7. The monoisotopic (exact) mass is 429 g/mol. The summed E-state index contributed by atoms with van der Waals surface area (Å²) < 4.78 is 10.7. The largest absolute Gasteiger partial charge is 0.487 e. The number of likely N-dealkylation sites (tertiary alicyclic amines) is 1. The Hall–Kier alpha value is -2.87. The van der Waals surface area contributed by atoms with E-state index in [2.05, 4.69) is 10.3 Å². The molecule has 0 radical (unpaired) electrons. The zero-order chi connectivity index (χ0) is 21.3. The van der Waals surface area contributed by atoms with Gasteiger partial charge in [-0.3, -0.25) is 4.79 Å². The predicted octanol–water partition coefficient (Wildman–Crippen LogP) is 3.78. The fourth-order valence-electron chi connectivity index (χ4n) is 3.15. The van der Waals surface area contributed by atoms with Crippen LogP contribution in [0.2, 0.25) is 0 Å². The summed E-state index contributed by atoms with van der Waals surface area (Å²) in [6.45, 7) is 5.76. The maximum absolute atomic E-state index is 12.2. The van der Waals surface area contributed by atoms with Crippen LogP contribution in [0.5, 0.6) is 5.75 Å². The van der Waals surface area contributed by atoms with E-state index in [4.69, 9.17) is 9.47 Å². The maximum atomic E-state index is 12.2. The van der Waals surface area contributed by atoms with Crippen molar-refractivity contribution in [1.82, 2.24) is 15.2 Å². The van der Waals surface area contributed by atoms with Gasteiger partial charge in [-0.2, -0.15) is 0 Å². The lowest BCUT2D eigenvalue weighted by atomic mass is 10.1. The van der Waals surface area contributed by atoms with Crippen LogP contribution >= 0.6 is 11.3 Å². The average Bonchev–Trinajstić information content (AvgIpc) is 3.17. The van der Waals surface area contributed by atoms with E-state index < -0.39 is 0 Å². The van der Waals surface area contributed by atoms with Gasteiger partial charge in [0.05, 0.1) is 17.3 Å². The first kappa shape index (κ1) is 21.8. The number of aromatic nitrogens is 1. The van der Waals surface area contributed by atoms with E-state index in [0.717, 1.165) is 34.9 Å². The zero-order valence-corrected chi connectivity index (χ0v) is 18.1. The van der Waals surface area contributed by atoms with E-state index in [9.17, 15) is 9.59 Å². The van der Waals surface area contributed by atoms with Crippen molar-refractivity contribution >= 4 is 29.4 Å². The molecule has 1 N–H and O–H groups in total. The minimum Gasteiger partial charge on any atom is -0.487 e. The van der Waals surface area contributed by atoms with Crippen molar-refractivity contribution in [3.05, 3.63) is 52.0 Å². The van der Waals surface area contributed by atoms with Crippen molar-refractivity contribution in [2.24, 2.45) is 0 Å². The molecule has 0 atom stereocenters. The molecule has 1 aromatic heterocycles. The molecule has 2 amide bonds. The molecule has 0 spiro atoms. The normalized spacial score (nSPS) is 14.7. The number of hydrogen-bond donors (Lipinski definition) is 1. The lowest BCUT2D eigenvalue weighted by Crippen LogP contribution is -2.46. The number of nitrogens with one attached hydrogen (secondary N) is 1. The molecule has 1 aliphatic heterocycles. The van der Waals surface area contributed by atoms with Gasteiger partial charge in [0.2, 0.25) is 5.91 Å². The van der Waals surface area contributed by atoms with E-state index in [1.54, 1.807) is 29.2 Å². The number of thiazole rings is 1. The number of piperidine rings is 1. The van der Waals surface area contributed by atoms with Crippen LogP contribution in [0.25, 0.3) is 6.08 Å².